The number of benzene rings is 1. The number of aliphatic hydroxyl groups is 1. The van der Waals surface area contributed by atoms with Gasteiger partial charge in [-0.3, -0.25) is 0 Å². The Morgan fingerprint density at radius 2 is 2.10 bits per heavy atom. The van der Waals surface area contributed by atoms with Crippen LogP contribution in [0.25, 0.3) is 11.3 Å². The Hall–Kier alpha value is -1.98. The maximum atomic E-state index is 14.1. The summed E-state index contributed by atoms with van der Waals surface area (Å²) in [6, 6.07) is 9.98. The highest BCUT2D eigenvalue weighted by molar-refractivity contribution is 5.60. The van der Waals surface area contributed by atoms with Crippen LogP contribution in [0.5, 0.6) is 5.88 Å². The van der Waals surface area contributed by atoms with E-state index in [9.17, 15) is 4.39 Å². The third kappa shape index (κ3) is 3.53. The number of hydrogen-bond donors (Lipinski definition) is 1. The number of aliphatic hydroxyl groups excluding tert-OH is 1. The quantitative estimate of drug-likeness (QED) is 0.824. The number of aromatic nitrogens is 1. The normalized spacial score (nSPS) is 10.6. The molecule has 106 valence electrons. The van der Waals surface area contributed by atoms with Gasteiger partial charge in [-0.2, -0.15) is 0 Å². The van der Waals surface area contributed by atoms with Crippen molar-refractivity contribution in [1.82, 2.24) is 4.98 Å². The Balaban J connectivity index is 2.26. The van der Waals surface area contributed by atoms with Crippen molar-refractivity contribution in [2.75, 3.05) is 20.5 Å². The molecule has 0 saturated heterocycles. The molecule has 0 aliphatic rings. The van der Waals surface area contributed by atoms with Crippen molar-refractivity contribution in [3.05, 3.63) is 47.8 Å². The summed E-state index contributed by atoms with van der Waals surface area (Å²) >= 11 is 0. The van der Waals surface area contributed by atoms with Crippen LogP contribution in [0.2, 0.25) is 0 Å². The first-order chi connectivity index (χ1) is 9.74. The third-order valence-electron chi connectivity index (χ3n) is 2.76. The topological polar surface area (TPSA) is 51.6 Å². The molecular weight excluding hydrogens is 261 g/mol. The minimum Gasteiger partial charge on any atom is -0.451 e. The molecule has 2 aromatic rings. The van der Waals surface area contributed by atoms with E-state index in [1.807, 2.05) is 0 Å². The molecule has 0 amide bonds. The number of hydrogen-bond acceptors (Lipinski definition) is 4. The molecule has 2 rings (SSSR count). The molecule has 1 aromatic heterocycles. The van der Waals surface area contributed by atoms with Gasteiger partial charge in [-0.1, -0.05) is 12.1 Å². The molecule has 1 heterocycles. The SMILES string of the molecule is COCOc1cccc(-c2ccc(CCO)cc2F)n1. The van der Waals surface area contributed by atoms with Crippen LogP contribution in [-0.4, -0.2) is 30.6 Å². The first-order valence-corrected chi connectivity index (χ1v) is 6.23. The van der Waals surface area contributed by atoms with E-state index in [-0.39, 0.29) is 19.2 Å². The van der Waals surface area contributed by atoms with Crippen LogP contribution in [0, 0.1) is 5.82 Å². The molecule has 0 unspecified atom stereocenters. The fourth-order valence-electron chi connectivity index (χ4n) is 1.82. The lowest BCUT2D eigenvalue weighted by atomic mass is 10.1. The van der Waals surface area contributed by atoms with E-state index in [1.54, 1.807) is 30.3 Å². The average molecular weight is 277 g/mol. The monoisotopic (exact) mass is 277 g/mol. The van der Waals surface area contributed by atoms with Gasteiger partial charge in [0.1, 0.15) is 5.82 Å². The molecule has 0 spiro atoms. The van der Waals surface area contributed by atoms with Crippen molar-refractivity contribution in [3.8, 4) is 17.1 Å². The lowest BCUT2D eigenvalue weighted by Gasteiger charge is -2.08. The highest BCUT2D eigenvalue weighted by Gasteiger charge is 2.08. The first-order valence-electron chi connectivity index (χ1n) is 6.23. The van der Waals surface area contributed by atoms with Crippen molar-refractivity contribution in [3.63, 3.8) is 0 Å². The molecule has 0 atom stereocenters. The summed E-state index contributed by atoms with van der Waals surface area (Å²) in [7, 11) is 1.52. The van der Waals surface area contributed by atoms with Crippen LogP contribution < -0.4 is 4.74 Å². The van der Waals surface area contributed by atoms with Crippen molar-refractivity contribution < 1.29 is 19.0 Å². The van der Waals surface area contributed by atoms with Crippen LogP contribution in [0.4, 0.5) is 4.39 Å². The molecular formula is C15H16FNO3. The molecule has 1 N–H and O–H groups in total. The summed E-state index contributed by atoms with van der Waals surface area (Å²) in [4.78, 5) is 4.23. The van der Waals surface area contributed by atoms with E-state index in [2.05, 4.69) is 4.98 Å². The van der Waals surface area contributed by atoms with Crippen LogP contribution in [0.3, 0.4) is 0 Å². The van der Waals surface area contributed by atoms with E-state index in [1.165, 1.54) is 13.2 Å². The van der Waals surface area contributed by atoms with Gasteiger partial charge >= 0.3 is 0 Å². The van der Waals surface area contributed by atoms with Gasteiger partial charge in [0.2, 0.25) is 5.88 Å². The number of pyridine rings is 1. The van der Waals surface area contributed by atoms with Gasteiger partial charge in [-0.05, 0) is 30.2 Å². The summed E-state index contributed by atoms with van der Waals surface area (Å²) in [5, 5.41) is 8.85. The second-order valence-corrected chi connectivity index (χ2v) is 4.20. The lowest BCUT2D eigenvalue weighted by molar-refractivity contribution is 0.0479. The molecule has 5 heteroatoms. The van der Waals surface area contributed by atoms with Gasteiger partial charge in [0.25, 0.3) is 0 Å². The van der Waals surface area contributed by atoms with Crippen molar-refractivity contribution in [2.24, 2.45) is 0 Å². The molecule has 0 bridgehead atoms. The second-order valence-electron chi connectivity index (χ2n) is 4.20. The fourth-order valence-corrected chi connectivity index (χ4v) is 1.82. The van der Waals surface area contributed by atoms with Gasteiger partial charge in [0.15, 0.2) is 6.79 Å². The minimum atomic E-state index is -0.368. The fraction of sp³-hybridized carbons (Fsp3) is 0.267. The summed E-state index contributed by atoms with van der Waals surface area (Å²) in [5.41, 5.74) is 1.64. The standard InChI is InChI=1S/C15H16FNO3/c1-19-10-20-15-4-2-3-14(17-15)12-6-5-11(7-8-18)9-13(12)16/h2-6,9,18H,7-8,10H2,1H3. The van der Waals surface area contributed by atoms with Crippen molar-refractivity contribution in [2.45, 2.75) is 6.42 Å². The predicted octanol–water partition coefficient (Wildman–Crippen LogP) is 2.41. The smallest absolute Gasteiger partial charge is 0.216 e. The molecule has 0 saturated carbocycles. The third-order valence-corrected chi connectivity index (χ3v) is 2.76. The molecule has 0 aliphatic heterocycles. The van der Waals surface area contributed by atoms with Gasteiger partial charge in [-0.15, -0.1) is 0 Å². The summed E-state index contributed by atoms with van der Waals surface area (Å²) in [6.07, 6.45) is 0.432. The van der Waals surface area contributed by atoms with Crippen LogP contribution >= 0.6 is 0 Å². The molecule has 0 aliphatic carbocycles. The number of rotatable bonds is 6. The van der Waals surface area contributed by atoms with Gasteiger partial charge in [0, 0.05) is 25.3 Å². The molecule has 4 nitrogen and oxygen atoms in total. The molecule has 0 radical (unpaired) electrons. The predicted molar refractivity (Wildman–Crippen MR) is 72.9 cm³/mol. The maximum absolute atomic E-state index is 14.1. The van der Waals surface area contributed by atoms with E-state index in [0.29, 0.717) is 23.6 Å². The zero-order valence-corrected chi connectivity index (χ0v) is 11.2. The number of ether oxygens (including phenoxy) is 2. The van der Waals surface area contributed by atoms with Crippen LogP contribution in [0.15, 0.2) is 36.4 Å². The Morgan fingerprint density at radius 3 is 2.80 bits per heavy atom. The van der Waals surface area contributed by atoms with Crippen molar-refractivity contribution >= 4 is 0 Å². The summed E-state index contributed by atoms with van der Waals surface area (Å²) in [5.74, 6) is 0.00975. The lowest BCUT2D eigenvalue weighted by Crippen LogP contribution is -2.01. The second kappa shape index (κ2) is 6.98. The van der Waals surface area contributed by atoms with Gasteiger partial charge in [-0.25, -0.2) is 9.37 Å². The highest BCUT2D eigenvalue weighted by atomic mass is 19.1. The zero-order valence-electron chi connectivity index (χ0n) is 11.2. The highest BCUT2D eigenvalue weighted by Crippen LogP contribution is 2.24. The first kappa shape index (κ1) is 14.4. The Labute approximate surface area is 116 Å². The van der Waals surface area contributed by atoms with Crippen LogP contribution in [-0.2, 0) is 11.2 Å². The molecule has 20 heavy (non-hydrogen) atoms. The summed E-state index contributed by atoms with van der Waals surface area (Å²) in [6.45, 7) is 0.0890. The van der Waals surface area contributed by atoms with Gasteiger partial charge in [0.05, 0.1) is 5.69 Å². The minimum absolute atomic E-state index is 0.00260. The average Bonchev–Trinajstić information content (AvgIpc) is 2.46. The zero-order chi connectivity index (χ0) is 14.4. The maximum Gasteiger partial charge on any atom is 0.216 e. The van der Waals surface area contributed by atoms with E-state index in [4.69, 9.17) is 14.6 Å². The van der Waals surface area contributed by atoms with Crippen LogP contribution in [0.1, 0.15) is 5.56 Å². The number of halogens is 1. The number of methoxy groups -OCH3 is 1. The van der Waals surface area contributed by atoms with Crippen molar-refractivity contribution in [1.29, 1.82) is 0 Å². The Kier molecular flexibility index (Phi) is 5.03. The van der Waals surface area contributed by atoms with Gasteiger partial charge < -0.3 is 14.6 Å². The molecule has 1 aromatic carbocycles. The number of nitrogens with zero attached hydrogens (tertiary/aromatic N) is 1. The summed E-state index contributed by atoms with van der Waals surface area (Å²) < 4.78 is 24.1. The Morgan fingerprint density at radius 1 is 1.25 bits per heavy atom. The van der Waals surface area contributed by atoms with E-state index >= 15 is 0 Å². The largest absolute Gasteiger partial charge is 0.451 e. The Bertz CT molecular complexity index is 575. The van der Waals surface area contributed by atoms with E-state index < -0.39 is 0 Å². The molecule has 0 fully saturated rings. The van der Waals surface area contributed by atoms with E-state index in [0.717, 1.165) is 5.56 Å².